The Bertz CT molecular complexity index is 803. The average Bonchev–Trinajstić information content (AvgIpc) is 2.65. The number of nitrogens with one attached hydrogen (secondary N) is 1. The van der Waals surface area contributed by atoms with Crippen LogP contribution in [0.1, 0.15) is 18.1 Å². The van der Waals surface area contributed by atoms with E-state index in [-0.39, 0.29) is 0 Å². The first-order chi connectivity index (χ1) is 11.0. The number of amides is 1. The number of esters is 1. The van der Waals surface area contributed by atoms with E-state index in [1.807, 2.05) is 42.5 Å². The molecule has 1 aliphatic heterocycles. The van der Waals surface area contributed by atoms with Crippen molar-refractivity contribution in [2.45, 2.75) is 13.2 Å². The number of carbonyl (C=O) groups is 2. The number of nitrogens with zero attached hydrogens (tertiary/aromatic N) is 1. The fourth-order valence-corrected chi connectivity index (χ4v) is 2.69. The Labute approximate surface area is 141 Å². The Balaban J connectivity index is 2.18. The highest BCUT2D eigenvalue weighted by Gasteiger charge is 2.27. The predicted molar refractivity (Wildman–Crippen MR) is 90.4 cm³/mol. The lowest BCUT2D eigenvalue weighted by atomic mass is 10.0. The molecule has 0 bridgehead atoms. The molecule has 2 aromatic carbocycles. The van der Waals surface area contributed by atoms with E-state index in [4.69, 9.17) is 4.74 Å². The van der Waals surface area contributed by atoms with Gasteiger partial charge in [0.15, 0.2) is 0 Å². The molecule has 1 aliphatic rings. The molecule has 0 unspecified atom stereocenters. The summed E-state index contributed by atoms with van der Waals surface area (Å²) in [7, 11) is 0. The minimum absolute atomic E-state index is 0.477. The van der Waals surface area contributed by atoms with Crippen LogP contribution in [0.5, 0.6) is 0 Å². The van der Waals surface area contributed by atoms with Crippen LogP contribution < -0.4 is 5.32 Å². The van der Waals surface area contributed by atoms with Crippen molar-refractivity contribution >= 4 is 39.2 Å². The second-order valence-electron chi connectivity index (χ2n) is 4.98. The zero-order valence-electron chi connectivity index (χ0n) is 12.2. The van der Waals surface area contributed by atoms with Crippen molar-refractivity contribution in [2.75, 3.05) is 5.32 Å². The third-order valence-electron chi connectivity index (χ3n) is 3.29. The number of hydrogen-bond donors (Lipinski definition) is 1. The number of benzene rings is 2. The summed E-state index contributed by atoms with van der Waals surface area (Å²) in [4.78, 5) is 27.9. The normalized spacial score (nSPS) is 16.7. The highest BCUT2D eigenvalue weighted by Crippen LogP contribution is 2.27. The number of carbonyl (C=O) groups excluding carboxylic acids is 2. The van der Waals surface area contributed by atoms with E-state index in [1.165, 1.54) is 6.92 Å². The number of fused-ring (bicyclic) bond motifs is 1. The molecule has 1 atom stereocenters. The third kappa shape index (κ3) is 3.32. The summed E-state index contributed by atoms with van der Waals surface area (Å²) in [6.45, 7) is 1.25. The van der Waals surface area contributed by atoms with Gasteiger partial charge in [0, 0.05) is 22.5 Å². The van der Waals surface area contributed by atoms with Gasteiger partial charge in [-0.3, -0.25) is 9.59 Å². The largest absolute Gasteiger partial charge is 0.430 e. The van der Waals surface area contributed by atoms with Gasteiger partial charge in [0.05, 0.1) is 11.4 Å². The number of rotatable bonds is 2. The number of hydrogen-bond acceptors (Lipinski definition) is 4. The minimum atomic E-state index is -1.21. The molecule has 0 fully saturated rings. The fourth-order valence-electron chi connectivity index (χ4n) is 2.32. The molecule has 6 heteroatoms. The molecule has 0 radical (unpaired) electrons. The molecule has 116 valence electrons. The zero-order valence-corrected chi connectivity index (χ0v) is 13.8. The van der Waals surface area contributed by atoms with Crippen LogP contribution in [0.15, 0.2) is 58.0 Å². The Kier molecular flexibility index (Phi) is 4.25. The van der Waals surface area contributed by atoms with Gasteiger partial charge in [-0.1, -0.05) is 46.3 Å². The van der Waals surface area contributed by atoms with Crippen LogP contribution in [0.3, 0.4) is 0 Å². The van der Waals surface area contributed by atoms with Crippen molar-refractivity contribution in [1.82, 2.24) is 0 Å². The summed E-state index contributed by atoms with van der Waals surface area (Å²) in [6, 6.07) is 14.9. The maximum absolute atomic E-state index is 12.3. The number of ether oxygens (including phenoxy) is 1. The average molecular weight is 373 g/mol. The quantitative estimate of drug-likeness (QED) is 0.823. The van der Waals surface area contributed by atoms with Crippen molar-refractivity contribution in [1.29, 1.82) is 0 Å². The number of aliphatic imine (C=N–C) groups is 1. The van der Waals surface area contributed by atoms with Crippen LogP contribution in [0.25, 0.3) is 0 Å². The highest BCUT2D eigenvalue weighted by atomic mass is 79.9. The van der Waals surface area contributed by atoms with Gasteiger partial charge >= 0.3 is 5.97 Å². The van der Waals surface area contributed by atoms with E-state index >= 15 is 0 Å². The molecule has 1 N–H and O–H groups in total. The van der Waals surface area contributed by atoms with Gasteiger partial charge in [0.25, 0.3) is 12.1 Å². The lowest BCUT2D eigenvalue weighted by Crippen LogP contribution is -2.29. The van der Waals surface area contributed by atoms with Crippen LogP contribution in [-0.4, -0.2) is 23.8 Å². The molecule has 1 heterocycles. The first kappa shape index (κ1) is 15.4. The van der Waals surface area contributed by atoms with E-state index in [0.29, 0.717) is 11.4 Å². The number of anilines is 1. The van der Waals surface area contributed by atoms with E-state index in [9.17, 15) is 9.59 Å². The van der Waals surface area contributed by atoms with Gasteiger partial charge in [-0.2, -0.15) is 0 Å². The Morgan fingerprint density at radius 1 is 1.22 bits per heavy atom. The Hall–Kier alpha value is -2.47. The van der Waals surface area contributed by atoms with Gasteiger partial charge in [0.1, 0.15) is 0 Å². The monoisotopic (exact) mass is 372 g/mol. The topological polar surface area (TPSA) is 67.8 Å². The van der Waals surface area contributed by atoms with Crippen LogP contribution in [0.2, 0.25) is 0 Å². The van der Waals surface area contributed by atoms with Crippen molar-refractivity contribution in [3.63, 3.8) is 0 Å². The molecule has 5 nitrogen and oxygen atoms in total. The van der Waals surface area contributed by atoms with Gasteiger partial charge in [-0.05, 0) is 18.2 Å². The number of halogens is 1. The van der Waals surface area contributed by atoms with Crippen LogP contribution in [-0.2, 0) is 14.3 Å². The van der Waals surface area contributed by atoms with Gasteiger partial charge in [0.2, 0.25) is 0 Å². The lowest BCUT2D eigenvalue weighted by Gasteiger charge is -2.10. The molecule has 2 aromatic rings. The van der Waals surface area contributed by atoms with E-state index < -0.39 is 18.1 Å². The molecule has 0 saturated heterocycles. The number of benzodiazepines with no additional fused rings is 1. The smallest absolute Gasteiger partial charge is 0.305 e. The van der Waals surface area contributed by atoms with E-state index in [2.05, 4.69) is 26.2 Å². The maximum atomic E-state index is 12.3. The van der Waals surface area contributed by atoms with E-state index in [1.54, 1.807) is 6.07 Å². The molecule has 0 aliphatic carbocycles. The van der Waals surface area contributed by atoms with Crippen LogP contribution in [0, 0.1) is 0 Å². The van der Waals surface area contributed by atoms with Crippen molar-refractivity contribution < 1.29 is 14.3 Å². The highest BCUT2D eigenvalue weighted by molar-refractivity contribution is 9.10. The summed E-state index contributed by atoms with van der Waals surface area (Å²) in [5.74, 6) is -1.04. The summed E-state index contributed by atoms with van der Waals surface area (Å²) in [6.07, 6.45) is -1.21. The van der Waals surface area contributed by atoms with Crippen molar-refractivity contribution in [3.8, 4) is 0 Å². The summed E-state index contributed by atoms with van der Waals surface area (Å²) >= 11 is 3.43. The molecule has 0 spiro atoms. The standard InChI is InChI=1S/C17H13BrN2O3/c1-10(21)23-17-16(22)19-14-8-7-12(18)9-13(14)15(20-17)11-5-3-2-4-6-11/h2-9,17H,1H3,(H,19,22)/t17-/m1/s1. The molecular formula is C17H13BrN2O3. The molecule has 3 rings (SSSR count). The molecule has 0 saturated carbocycles. The molecule has 23 heavy (non-hydrogen) atoms. The lowest BCUT2D eigenvalue weighted by molar-refractivity contribution is -0.151. The Morgan fingerprint density at radius 3 is 2.65 bits per heavy atom. The maximum Gasteiger partial charge on any atom is 0.305 e. The first-order valence-electron chi connectivity index (χ1n) is 6.96. The molecule has 0 aromatic heterocycles. The SMILES string of the molecule is CC(=O)O[C@H]1N=C(c2ccccc2)c2cc(Br)ccc2NC1=O. The fraction of sp³-hybridized carbons (Fsp3) is 0.118. The van der Waals surface area contributed by atoms with Gasteiger partial charge in [-0.15, -0.1) is 0 Å². The van der Waals surface area contributed by atoms with Crippen LogP contribution >= 0.6 is 15.9 Å². The third-order valence-corrected chi connectivity index (χ3v) is 3.78. The second kappa shape index (κ2) is 6.34. The first-order valence-corrected chi connectivity index (χ1v) is 7.75. The summed E-state index contributed by atoms with van der Waals surface area (Å²) < 4.78 is 5.91. The Morgan fingerprint density at radius 2 is 1.96 bits per heavy atom. The second-order valence-corrected chi connectivity index (χ2v) is 5.90. The summed E-state index contributed by atoms with van der Waals surface area (Å²) in [5, 5.41) is 2.75. The van der Waals surface area contributed by atoms with Gasteiger partial charge in [-0.25, -0.2) is 4.99 Å². The summed E-state index contributed by atoms with van der Waals surface area (Å²) in [5.41, 5.74) is 2.80. The van der Waals surface area contributed by atoms with Gasteiger partial charge < -0.3 is 10.1 Å². The molecule has 1 amide bonds. The minimum Gasteiger partial charge on any atom is -0.430 e. The molecular weight excluding hydrogens is 360 g/mol. The van der Waals surface area contributed by atoms with Crippen LogP contribution in [0.4, 0.5) is 5.69 Å². The van der Waals surface area contributed by atoms with Crippen molar-refractivity contribution in [3.05, 3.63) is 64.1 Å². The van der Waals surface area contributed by atoms with Crippen molar-refractivity contribution in [2.24, 2.45) is 4.99 Å². The van der Waals surface area contributed by atoms with E-state index in [0.717, 1.165) is 15.6 Å². The predicted octanol–water partition coefficient (Wildman–Crippen LogP) is 3.13. The zero-order chi connectivity index (χ0) is 16.4.